The van der Waals surface area contributed by atoms with Crippen LogP contribution in [0.1, 0.15) is 44.1 Å². The van der Waals surface area contributed by atoms with Gasteiger partial charge in [-0.3, -0.25) is 9.69 Å². The molecule has 1 aromatic carbocycles. The molecule has 1 saturated carbocycles. The third-order valence-corrected chi connectivity index (χ3v) is 5.54. The topological polar surface area (TPSA) is 46.3 Å². The van der Waals surface area contributed by atoms with Gasteiger partial charge >= 0.3 is 0 Å². The lowest BCUT2D eigenvalue weighted by atomic mass is 9.80. The molecule has 0 aromatic heterocycles. The van der Waals surface area contributed by atoms with Crippen molar-refractivity contribution in [2.45, 2.75) is 38.5 Å². The maximum Gasteiger partial charge on any atom is 0.220 e. The molecule has 3 heteroatoms. The van der Waals surface area contributed by atoms with Crippen molar-refractivity contribution in [1.82, 2.24) is 4.90 Å². The third-order valence-electron chi connectivity index (χ3n) is 5.54. The van der Waals surface area contributed by atoms with Gasteiger partial charge in [-0.05, 0) is 62.1 Å². The van der Waals surface area contributed by atoms with Crippen molar-refractivity contribution >= 4 is 11.5 Å². The van der Waals surface area contributed by atoms with Crippen molar-refractivity contribution in [3.05, 3.63) is 42.0 Å². The summed E-state index contributed by atoms with van der Waals surface area (Å²) >= 11 is 0. The quantitative estimate of drug-likeness (QED) is 0.905. The van der Waals surface area contributed by atoms with Crippen LogP contribution in [0.15, 0.2) is 36.4 Å². The van der Waals surface area contributed by atoms with Crippen molar-refractivity contribution < 1.29 is 4.79 Å². The Kier molecular flexibility index (Phi) is 5.50. The van der Waals surface area contributed by atoms with Crippen molar-refractivity contribution in [2.24, 2.45) is 17.6 Å². The highest BCUT2D eigenvalue weighted by molar-refractivity contribution is 5.76. The van der Waals surface area contributed by atoms with Gasteiger partial charge in [0, 0.05) is 19.0 Å². The Morgan fingerprint density at radius 2 is 1.87 bits per heavy atom. The maximum atomic E-state index is 11.2. The first-order chi connectivity index (χ1) is 11.2. The van der Waals surface area contributed by atoms with E-state index in [0.717, 1.165) is 38.3 Å². The SMILES string of the molecule is NC(=O)C1CCC(CCN2CC=C(c3ccccc3)CC2)CC1. The number of hydrogen-bond acceptors (Lipinski definition) is 2. The maximum absolute atomic E-state index is 11.2. The number of benzene rings is 1. The number of nitrogens with two attached hydrogens (primary N) is 1. The van der Waals surface area contributed by atoms with E-state index < -0.39 is 0 Å². The fourth-order valence-corrected chi connectivity index (χ4v) is 3.93. The minimum absolute atomic E-state index is 0.0990. The molecule has 1 aromatic rings. The summed E-state index contributed by atoms with van der Waals surface area (Å²) in [6.45, 7) is 3.42. The minimum atomic E-state index is -0.0990. The normalized spacial score (nSPS) is 25.8. The molecule has 1 fully saturated rings. The smallest absolute Gasteiger partial charge is 0.220 e. The number of primary amides is 1. The molecule has 2 N–H and O–H groups in total. The lowest BCUT2D eigenvalue weighted by Crippen LogP contribution is -2.32. The summed E-state index contributed by atoms with van der Waals surface area (Å²) in [5.74, 6) is 0.820. The molecule has 1 aliphatic heterocycles. The predicted octanol–water partition coefficient (Wildman–Crippen LogP) is 3.46. The van der Waals surface area contributed by atoms with Crippen LogP contribution in [-0.2, 0) is 4.79 Å². The largest absolute Gasteiger partial charge is 0.369 e. The Labute approximate surface area is 139 Å². The summed E-state index contributed by atoms with van der Waals surface area (Å²) in [5.41, 5.74) is 8.27. The average Bonchev–Trinajstić information content (AvgIpc) is 2.61. The Morgan fingerprint density at radius 3 is 2.48 bits per heavy atom. The van der Waals surface area contributed by atoms with Gasteiger partial charge in [0.15, 0.2) is 0 Å². The number of rotatable bonds is 5. The lowest BCUT2D eigenvalue weighted by molar-refractivity contribution is -0.122. The third kappa shape index (κ3) is 4.44. The predicted molar refractivity (Wildman–Crippen MR) is 94.7 cm³/mol. The van der Waals surface area contributed by atoms with Crippen LogP contribution in [0.2, 0.25) is 0 Å². The molecular weight excluding hydrogens is 284 g/mol. The van der Waals surface area contributed by atoms with Crippen molar-refractivity contribution in [2.75, 3.05) is 19.6 Å². The van der Waals surface area contributed by atoms with Gasteiger partial charge in [0.05, 0.1) is 0 Å². The second-order valence-corrected chi connectivity index (χ2v) is 7.05. The molecule has 0 unspecified atom stereocenters. The van der Waals surface area contributed by atoms with Gasteiger partial charge in [0.25, 0.3) is 0 Å². The van der Waals surface area contributed by atoms with E-state index >= 15 is 0 Å². The van der Waals surface area contributed by atoms with Crippen LogP contribution in [0.3, 0.4) is 0 Å². The zero-order valence-electron chi connectivity index (χ0n) is 13.9. The van der Waals surface area contributed by atoms with Crippen LogP contribution in [0, 0.1) is 11.8 Å². The lowest BCUT2D eigenvalue weighted by Gasteiger charge is -2.31. The molecule has 3 rings (SSSR count). The summed E-state index contributed by atoms with van der Waals surface area (Å²) in [7, 11) is 0. The number of carbonyl (C=O) groups is 1. The van der Waals surface area contributed by atoms with Crippen molar-refractivity contribution in [3.63, 3.8) is 0 Å². The van der Waals surface area contributed by atoms with E-state index in [1.807, 2.05) is 0 Å². The first-order valence-electron chi connectivity index (χ1n) is 8.98. The zero-order valence-corrected chi connectivity index (χ0v) is 13.9. The molecule has 3 nitrogen and oxygen atoms in total. The highest BCUT2D eigenvalue weighted by Gasteiger charge is 2.25. The van der Waals surface area contributed by atoms with E-state index in [1.165, 1.54) is 36.9 Å². The Hall–Kier alpha value is -1.61. The number of hydrogen-bond donors (Lipinski definition) is 1. The molecule has 0 spiro atoms. The van der Waals surface area contributed by atoms with Crippen LogP contribution in [0.25, 0.3) is 5.57 Å². The van der Waals surface area contributed by atoms with Crippen LogP contribution in [0.5, 0.6) is 0 Å². The Morgan fingerprint density at radius 1 is 1.13 bits per heavy atom. The van der Waals surface area contributed by atoms with Gasteiger partial charge < -0.3 is 5.73 Å². The van der Waals surface area contributed by atoms with Gasteiger partial charge in [-0.1, -0.05) is 36.4 Å². The summed E-state index contributed by atoms with van der Waals surface area (Å²) in [6, 6.07) is 10.7. The molecule has 1 aliphatic carbocycles. The average molecular weight is 312 g/mol. The number of carbonyl (C=O) groups excluding carboxylic acids is 1. The first-order valence-corrected chi connectivity index (χ1v) is 8.98. The van der Waals surface area contributed by atoms with Crippen molar-refractivity contribution in [1.29, 1.82) is 0 Å². The molecule has 0 bridgehead atoms. The molecule has 0 radical (unpaired) electrons. The molecular formula is C20H28N2O. The number of nitrogens with zero attached hydrogens (tertiary/aromatic N) is 1. The molecule has 0 atom stereocenters. The van der Waals surface area contributed by atoms with Crippen LogP contribution in [-0.4, -0.2) is 30.4 Å². The highest BCUT2D eigenvalue weighted by Crippen LogP contribution is 2.31. The summed E-state index contributed by atoms with van der Waals surface area (Å²) in [6.07, 6.45) is 9.15. The fraction of sp³-hybridized carbons (Fsp3) is 0.550. The minimum Gasteiger partial charge on any atom is -0.369 e. The van der Waals surface area contributed by atoms with E-state index in [0.29, 0.717) is 0 Å². The van der Waals surface area contributed by atoms with Crippen LogP contribution in [0.4, 0.5) is 0 Å². The fourth-order valence-electron chi connectivity index (χ4n) is 3.93. The zero-order chi connectivity index (χ0) is 16.1. The summed E-state index contributed by atoms with van der Waals surface area (Å²) in [5, 5.41) is 0. The first kappa shape index (κ1) is 16.3. The molecule has 2 aliphatic rings. The van der Waals surface area contributed by atoms with E-state index in [9.17, 15) is 4.79 Å². The Balaban J connectivity index is 1.41. The molecule has 23 heavy (non-hydrogen) atoms. The van der Waals surface area contributed by atoms with E-state index in [-0.39, 0.29) is 11.8 Å². The second kappa shape index (κ2) is 7.78. The standard InChI is InChI=1S/C20H28N2O/c21-20(23)19-8-6-16(7-9-19)10-13-22-14-11-18(12-15-22)17-4-2-1-3-5-17/h1-5,11,16,19H,6-10,12-15H2,(H2,21,23). The van der Waals surface area contributed by atoms with Crippen LogP contribution >= 0.6 is 0 Å². The molecule has 1 amide bonds. The number of amides is 1. The molecule has 0 saturated heterocycles. The van der Waals surface area contributed by atoms with E-state index in [2.05, 4.69) is 41.3 Å². The van der Waals surface area contributed by atoms with Crippen molar-refractivity contribution in [3.8, 4) is 0 Å². The van der Waals surface area contributed by atoms with Gasteiger partial charge in [0.2, 0.25) is 5.91 Å². The van der Waals surface area contributed by atoms with Crippen LogP contribution < -0.4 is 5.73 Å². The van der Waals surface area contributed by atoms with Gasteiger partial charge in [-0.25, -0.2) is 0 Å². The molecule has 124 valence electrons. The van der Waals surface area contributed by atoms with Gasteiger partial charge in [0.1, 0.15) is 0 Å². The summed E-state index contributed by atoms with van der Waals surface area (Å²) < 4.78 is 0. The van der Waals surface area contributed by atoms with Gasteiger partial charge in [-0.15, -0.1) is 0 Å². The second-order valence-electron chi connectivity index (χ2n) is 7.05. The monoisotopic (exact) mass is 312 g/mol. The molecule has 1 heterocycles. The highest BCUT2D eigenvalue weighted by atomic mass is 16.1. The van der Waals surface area contributed by atoms with Gasteiger partial charge in [-0.2, -0.15) is 0 Å². The van der Waals surface area contributed by atoms with E-state index in [4.69, 9.17) is 5.73 Å². The van der Waals surface area contributed by atoms with E-state index in [1.54, 1.807) is 0 Å². The summed E-state index contributed by atoms with van der Waals surface area (Å²) in [4.78, 5) is 13.8. The Bertz CT molecular complexity index is 544.